The van der Waals surface area contributed by atoms with Crippen LogP contribution < -0.4 is 5.32 Å². The molecule has 1 heterocycles. The molecule has 1 aliphatic heterocycles. The topological polar surface area (TPSA) is 122 Å². The van der Waals surface area contributed by atoms with Gasteiger partial charge in [-0.25, -0.2) is 0 Å². The molecule has 0 aromatic carbocycles. The fourth-order valence-electron chi connectivity index (χ4n) is 2.55. The highest BCUT2D eigenvalue weighted by molar-refractivity contribution is 5.80. The summed E-state index contributed by atoms with van der Waals surface area (Å²) in [6.45, 7) is 5.79. The van der Waals surface area contributed by atoms with Crippen molar-refractivity contribution in [2.45, 2.75) is 44.8 Å². The SMILES string of the molecule is O=C(O)CCC(=O)NCCCOCCOCCOCCOCCOC1CCCCO1. The Balaban J connectivity index is 1.69. The second-order valence-electron chi connectivity index (χ2n) is 6.71. The molecule has 1 unspecified atom stereocenters. The highest BCUT2D eigenvalue weighted by Gasteiger charge is 2.13. The Labute approximate surface area is 178 Å². The van der Waals surface area contributed by atoms with Crippen LogP contribution in [0.5, 0.6) is 0 Å². The fraction of sp³-hybridized carbons (Fsp3) is 0.900. The molecular weight excluding hydrogens is 398 g/mol. The number of hydrogen-bond donors (Lipinski definition) is 2. The summed E-state index contributed by atoms with van der Waals surface area (Å²) >= 11 is 0. The molecule has 0 spiro atoms. The van der Waals surface area contributed by atoms with Gasteiger partial charge < -0.3 is 38.8 Å². The van der Waals surface area contributed by atoms with Crippen LogP contribution >= 0.6 is 0 Å². The summed E-state index contributed by atoms with van der Waals surface area (Å²) in [6, 6.07) is 0. The smallest absolute Gasteiger partial charge is 0.303 e. The first-order chi connectivity index (χ1) is 14.7. The largest absolute Gasteiger partial charge is 0.481 e. The van der Waals surface area contributed by atoms with Gasteiger partial charge in [0.05, 0.1) is 59.3 Å². The number of carboxylic acid groups (broad SMARTS) is 1. The van der Waals surface area contributed by atoms with Gasteiger partial charge in [-0.05, 0) is 25.7 Å². The zero-order valence-corrected chi connectivity index (χ0v) is 17.8. The molecule has 0 saturated carbocycles. The quantitative estimate of drug-likeness (QED) is 0.269. The van der Waals surface area contributed by atoms with Gasteiger partial charge >= 0.3 is 5.97 Å². The van der Waals surface area contributed by atoms with Gasteiger partial charge in [0, 0.05) is 26.2 Å². The number of carboxylic acids is 1. The number of ether oxygens (including phenoxy) is 6. The van der Waals surface area contributed by atoms with E-state index in [1.54, 1.807) is 0 Å². The first kappa shape index (κ1) is 26.7. The second kappa shape index (κ2) is 19.7. The van der Waals surface area contributed by atoms with Crippen LogP contribution in [0.15, 0.2) is 0 Å². The zero-order chi connectivity index (χ0) is 21.7. The van der Waals surface area contributed by atoms with E-state index in [1.807, 2.05) is 0 Å². The molecule has 10 heteroatoms. The maximum atomic E-state index is 11.3. The van der Waals surface area contributed by atoms with E-state index in [0.717, 1.165) is 25.9 Å². The molecule has 2 N–H and O–H groups in total. The van der Waals surface area contributed by atoms with E-state index >= 15 is 0 Å². The summed E-state index contributed by atoms with van der Waals surface area (Å²) in [5.41, 5.74) is 0. The number of hydrogen-bond acceptors (Lipinski definition) is 8. The van der Waals surface area contributed by atoms with E-state index in [2.05, 4.69) is 5.32 Å². The Hall–Kier alpha value is -1.30. The maximum absolute atomic E-state index is 11.3. The molecule has 1 rings (SSSR count). The standard InChI is InChI=1S/C20H37NO9/c22-18(5-6-19(23)24)21-7-3-8-25-10-11-26-12-13-27-14-15-28-16-17-30-20-4-1-2-9-29-20/h20H,1-17H2,(H,21,22)(H,23,24). The molecule has 0 aromatic heterocycles. The van der Waals surface area contributed by atoms with E-state index in [1.165, 1.54) is 0 Å². The molecule has 1 atom stereocenters. The number of carbonyl (C=O) groups is 2. The monoisotopic (exact) mass is 435 g/mol. The van der Waals surface area contributed by atoms with Crippen molar-refractivity contribution in [1.82, 2.24) is 5.32 Å². The van der Waals surface area contributed by atoms with Crippen molar-refractivity contribution < 1.29 is 43.1 Å². The van der Waals surface area contributed by atoms with Gasteiger partial charge in [-0.2, -0.15) is 0 Å². The molecule has 10 nitrogen and oxygen atoms in total. The summed E-state index contributed by atoms with van der Waals surface area (Å²) in [4.78, 5) is 21.6. The van der Waals surface area contributed by atoms with Crippen molar-refractivity contribution >= 4 is 11.9 Å². The highest BCUT2D eigenvalue weighted by Crippen LogP contribution is 2.13. The van der Waals surface area contributed by atoms with E-state index in [9.17, 15) is 9.59 Å². The third-order valence-corrected chi connectivity index (χ3v) is 4.14. The minimum absolute atomic E-state index is 0.00247. The van der Waals surface area contributed by atoms with Crippen LogP contribution in [-0.4, -0.2) is 95.9 Å². The van der Waals surface area contributed by atoms with Crippen molar-refractivity contribution in [2.75, 3.05) is 72.6 Å². The lowest BCUT2D eigenvalue weighted by molar-refractivity contribution is -0.169. The third kappa shape index (κ3) is 17.5. The van der Waals surface area contributed by atoms with Crippen LogP contribution in [0.4, 0.5) is 0 Å². The van der Waals surface area contributed by atoms with Gasteiger partial charge in [0.15, 0.2) is 6.29 Å². The van der Waals surface area contributed by atoms with Gasteiger partial charge in [-0.1, -0.05) is 0 Å². The summed E-state index contributed by atoms with van der Waals surface area (Å²) in [5.74, 6) is -1.23. The molecule has 0 bridgehead atoms. The normalized spacial score (nSPS) is 16.5. The molecule has 30 heavy (non-hydrogen) atoms. The molecule has 0 aromatic rings. The fourth-order valence-corrected chi connectivity index (χ4v) is 2.55. The molecule has 1 fully saturated rings. The van der Waals surface area contributed by atoms with Gasteiger partial charge in [-0.15, -0.1) is 0 Å². The van der Waals surface area contributed by atoms with E-state index < -0.39 is 5.97 Å². The first-order valence-electron chi connectivity index (χ1n) is 10.7. The predicted octanol–water partition coefficient (Wildman–Crippen LogP) is 0.967. The van der Waals surface area contributed by atoms with Crippen LogP contribution in [0.25, 0.3) is 0 Å². The van der Waals surface area contributed by atoms with Gasteiger partial charge in [-0.3, -0.25) is 9.59 Å². The summed E-state index contributed by atoms with van der Waals surface area (Å²) < 4.78 is 32.7. The summed E-state index contributed by atoms with van der Waals surface area (Å²) in [6.07, 6.45) is 3.68. The van der Waals surface area contributed by atoms with Crippen LogP contribution in [0.2, 0.25) is 0 Å². The lowest BCUT2D eigenvalue weighted by atomic mass is 10.2. The summed E-state index contributed by atoms with van der Waals surface area (Å²) in [7, 11) is 0. The second-order valence-corrected chi connectivity index (χ2v) is 6.71. The van der Waals surface area contributed by atoms with E-state index in [0.29, 0.717) is 72.4 Å². The molecular formula is C20H37NO9. The van der Waals surface area contributed by atoms with Crippen LogP contribution in [0.1, 0.15) is 38.5 Å². The number of nitrogens with one attached hydrogen (secondary N) is 1. The van der Waals surface area contributed by atoms with Crippen LogP contribution in [0, 0.1) is 0 Å². The Bertz CT molecular complexity index is 431. The van der Waals surface area contributed by atoms with Crippen molar-refractivity contribution in [2.24, 2.45) is 0 Å². The Morgan fingerprint density at radius 2 is 1.43 bits per heavy atom. The Morgan fingerprint density at radius 3 is 2.00 bits per heavy atom. The van der Waals surface area contributed by atoms with E-state index in [-0.39, 0.29) is 25.0 Å². The number of aliphatic carboxylic acids is 1. The maximum Gasteiger partial charge on any atom is 0.303 e. The zero-order valence-electron chi connectivity index (χ0n) is 17.8. The van der Waals surface area contributed by atoms with Crippen LogP contribution in [-0.2, 0) is 38.0 Å². The lowest BCUT2D eigenvalue weighted by Crippen LogP contribution is -2.25. The first-order valence-corrected chi connectivity index (χ1v) is 10.7. The molecule has 1 aliphatic rings. The molecule has 1 saturated heterocycles. The minimum atomic E-state index is -0.974. The van der Waals surface area contributed by atoms with Gasteiger partial charge in [0.25, 0.3) is 0 Å². The van der Waals surface area contributed by atoms with Crippen molar-refractivity contribution in [3.8, 4) is 0 Å². The molecule has 176 valence electrons. The third-order valence-electron chi connectivity index (χ3n) is 4.14. The van der Waals surface area contributed by atoms with E-state index in [4.69, 9.17) is 33.5 Å². The van der Waals surface area contributed by atoms with Crippen LogP contribution in [0.3, 0.4) is 0 Å². The Kier molecular flexibility index (Phi) is 17.5. The molecule has 0 aliphatic carbocycles. The average Bonchev–Trinajstić information content (AvgIpc) is 2.75. The van der Waals surface area contributed by atoms with Gasteiger partial charge in [0.1, 0.15) is 0 Å². The average molecular weight is 436 g/mol. The number of amides is 1. The summed E-state index contributed by atoms with van der Waals surface area (Å²) in [5, 5.41) is 11.1. The number of rotatable bonds is 20. The van der Waals surface area contributed by atoms with Crippen molar-refractivity contribution in [3.63, 3.8) is 0 Å². The minimum Gasteiger partial charge on any atom is -0.481 e. The Morgan fingerprint density at radius 1 is 0.833 bits per heavy atom. The predicted molar refractivity (Wildman–Crippen MR) is 107 cm³/mol. The number of carbonyl (C=O) groups excluding carboxylic acids is 1. The van der Waals surface area contributed by atoms with Crippen molar-refractivity contribution in [1.29, 1.82) is 0 Å². The van der Waals surface area contributed by atoms with Crippen molar-refractivity contribution in [3.05, 3.63) is 0 Å². The highest BCUT2D eigenvalue weighted by atomic mass is 16.7. The lowest BCUT2D eigenvalue weighted by Gasteiger charge is -2.22. The molecule has 0 radical (unpaired) electrons. The van der Waals surface area contributed by atoms with Gasteiger partial charge in [0.2, 0.25) is 5.91 Å². The molecule has 1 amide bonds.